The summed E-state index contributed by atoms with van der Waals surface area (Å²) in [7, 11) is 0. The van der Waals surface area contributed by atoms with E-state index in [0.29, 0.717) is 10.8 Å². The van der Waals surface area contributed by atoms with E-state index in [9.17, 15) is 9.59 Å². The second kappa shape index (κ2) is 9.85. The molecule has 172 valence electrons. The lowest BCUT2D eigenvalue weighted by atomic mass is 9.98. The first kappa shape index (κ1) is 24.9. The zero-order chi connectivity index (χ0) is 23.4. The van der Waals surface area contributed by atoms with Crippen LogP contribution in [0.25, 0.3) is 5.65 Å². The molecular weight excluding hydrogens is 420 g/mol. The number of hydrogen-bond acceptors (Lipinski definition) is 6. The molecular formula is C22H33ClN4O4. The van der Waals surface area contributed by atoms with Crippen LogP contribution in [0.4, 0.5) is 4.79 Å². The van der Waals surface area contributed by atoms with E-state index in [2.05, 4.69) is 17.0 Å². The minimum Gasteiger partial charge on any atom is -0.459 e. The number of carbonyl (C=O) groups is 2. The molecule has 2 heterocycles. The summed E-state index contributed by atoms with van der Waals surface area (Å²) in [6.07, 6.45) is 2.67. The molecule has 1 amide bonds. The number of carbonyl (C=O) groups excluding carboxylic acids is 2. The highest BCUT2D eigenvalue weighted by molar-refractivity contribution is 6.29. The van der Waals surface area contributed by atoms with E-state index in [1.807, 2.05) is 0 Å². The van der Waals surface area contributed by atoms with Crippen LogP contribution in [0.5, 0.6) is 0 Å². The predicted octanol–water partition coefficient (Wildman–Crippen LogP) is 4.85. The lowest BCUT2D eigenvalue weighted by Crippen LogP contribution is -2.43. The zero-order valence-corrected chi connectivity index (χ0v) is 20.2. The molecule has 0 aromatic carbocycles. The molecule has 0 N–H and O–H groups in total. The van der Waals surface area contributed by atoms with Crippen molar-refractivity contribution in [2.45, 2.75) is 78.4 Å². The molecule has 2 rings (SSSR count). The number of nitrogens with zero attached hydrogens (tertiary/aromatic N) is 4. The highest BCUT2D eigenvalue weighted by Crippen LogP contribution is 2.25. The summed E-state index contributed by atoms with van der Waals surface area (Å²) >= 11 is 6.37. The van der Waals surface area contributed by atoms with E-state index in [4.69, 9.17) is 21.1 Å². The normalized spacial score (nSPS) is 13.2. The minimum atomic E-state index is -0.693. The summed E-state index contributed by atoms with van der Waals surface area (Å²) in [5.74, 6) is -0.636. The molecule has 2 aromatic rings. The highest BCUT2D eigenvalue weighted by Gasteiger charge is 2.29. The summed E-state index contributed by atoms with van der Waals surface area (Å²) in [4.78, 5) is 31.4. The molecule has 8 nitrogen and oxygen atoms in total. The van der Waals surface area contributed by atoms with Gasteiger partial charge in [-0.2, -0.15) is 5.10 Å². The molecule has 0 spiro atoms. The summed E-state index contributed by atoms with van der Waals surface area (Å²) < 4.78 is 12.5. The number of fused-ring (bicyclic) bond motifs is 1. The maximum absolute atomic E-state index is 12.9. The van der Waals surface area contributed by atoms with Crippen molar-refractivity contribution in [3.63, 3.8) is 0 Å². The lowest BCUT2D eigenvalue weighted by molar-refractivity contribution is -0.156. The van der Waals surface area contributed by atoms with Crippen LogP contribution < -0.4 is 0 Å². The van der Waals surface area contributed by atoms with Gasteiger partial charge in [-0.25, -0.2) is 14.3 Å². The number of esters is 1. The van der Waals surface area contributed by atoms with Gasteiger partial charge < -0.3 is 9.47 Å². The topological polar surface area (TPSA) is 86.0 Å². The average molecular weight is 453 g/mol. The fraction of sp³-hybridized carbons (Fsp3) is 0.636. The van der Waals surface area contributed by atoms with Crippen LogP contribution in [-0.2, 0) is 14.3 Å². The fourth-order valence-corrected chi connectivity index (χ4v) is 3.35. The fourth-order valence-electron chi connectivity index (χ4n) is 3.11. The minimum absolute atomic E-state index is 0.141. The Hall–Kier alpha value is -2.35. The van der Waals surface area contributed by atoms with Gasteiger partial charge >= 0.3 is 12.1 Å². The molecule has 0 aliphatic carbocycles. The van der Waals surface area contributed by atoms with Gasteiger partial charge in [0.2, 0.25) is 0 Å². The SMILES string of the molecule is CCCC(CN(CC(=O)OC(C)(C)C)C(=O)OC(C)(C)C)c1cc(Cl)n2nccc2n1. The Balaban J connectivity index is 2.32. The van der Waals surface area contributed by atoms with Gasteiger partial charge in [0.1, 0.15) is 22.9 Å². The number of hydrogen-bond donors (Lipinski definition) is 0. The van der Waals surface area contributed by atoms with E-state index >= 15 is 0 Å². The van der Waals surface area contributed by atoms with Gasteiger partial charge in [0, 0.05) is 18.5 Å². The molecule has 0 fully saturated rings. The average Bonchev–Trinajstić information content (AvgIpc) is 3.06. The number of rotatable bonds is 7. The van der Waals surface area contributed by atoms with Crippen LogP contribution in [0.15, 0.2) is 18.3 Å². The molecule has 9 heteroatoms. The molecule has 0 saturated heterocycles. The van der Waals surface area contributed by atoms with Crippen LogP contribution >= 0.6 is 11.6 Å². The zero-order valence-electron chi connectivity index (χ0n) is 19.4. The summed E-state index contributed by atoms with van der Waals surface area (Å²) in [5, 5.41) is 4.58. The monoisotopic (exact) mass is 452 g/mol. The van der Waals surface area contributed by atoms with Crippen molar-refractivity contribution in [2.75, 3.05) is 13.1 Å². The van der Waals surface area contributed by atoms with Gasteiger partial charge in [0.15, 0.2) is 5.65 Å². The third-order valence-corrected chi connectivity index (χ3v) is 4.49. The van der Waals surface area contributed by atoms with Gasteiger partial charge in [-0.05, 0) is 54.0 Å². The first-order valence-corrected chi connectivity index (χ1v) is 10.9. The molecule has 0 aliphatic heterocycles. The molecule has 31 heavy (non-hydrogen) atoms. The molecule has 1 atom stereocenters. The number of aromatic nitrogens is 3. The van der Waals surface area contributed by atoms with Gasteiger partial charge in [0.05, 0.1) is 11.9 Å². The molecule has 1 unspecified atom stereocenters. The maximum atomic E-state index is 12.9. The van der Waals surface area contributed by atoms with Crippen LogP contribution in [0.3, 0.4) is 0 Å². The highest BCUT2D eigenvalue weighted by atomic mass is 35.5. The molecule has 0 bridgehead atoms. The van der Waals surface area contributed by atoms with E-state index in [1.165, 1.54) is 4.90 Å². The van der Waals surface area contributed by atoms with Gasteiger partial charge in [0.25, 0.3) is 0 Å². The quantitative estimate of drug-likeness (QED) is 0.441. The summed E-state index contributed by atoms with van der Waals surface area (Å²) in [5.41, 5.74) is 0.0144. The lowest BCUT2D eigenvalue weighted by Gasteiger charge is -2.30. The Morgan fingerprint density at radius 3 is 2.39 bits per heavy atom. The predicted molar refractivity (Wildman–Crippen MR) is 119 cm³/mol. The largest absolute Gasteiger partial charge is 0.459 e. The van der Waals surface area contributed by atoms with E-state index < -0.39 is 23.3 Å². The van der Waals surface area contributed by atoms with Crippen molar-refractivity contribution in [1.82, 2.24) is 19.5 Å². The Bertz CT molecular complexity index is 914. The third-order valence-electron chi connectivity index (χ3n) is 4.22. The Labute approximate surface area is 188 Å². The van der Waals surface area contributed by atoms with Crippen LogP contribution in [0, 0.1) is 0 Å². The summed E-state index contributed by atoms with van der Waals surface area (Å²) in [6.45, 7) is 12.8. The smallest absolute Gasteiger partial charge is 0.410 e. The number of amides is 1. The molecule has 0 radical (unpaired) electrons. The molecule has 0 aliphatic rings. The van der Waals surface area contributed by atoms with Crippen molar-refractivity contribution < 1.29 is 19.1 Å². The van der Waals surface area contributed by atoms with Crippen LogP contribution in [0.1, 0.15) is 72.9 Å². The first-order chi connectivity index (χ1) is 14.3. The van der Waals surface area contributed by atoms with E-state index in [-0.39, 0.29) is 19.0 Å². The van der Waals surface area contributed by atoms with Gasteiger partial charge in [-0.3, -0.25) is 9.69 Å². The van der Waals surface area contributed by atoms with Gasteiger partial charge in [-0.1, -0.05) is 24.9 Å². The number of ether oxygens (including phenoxy) is 2. The first-order valence-electron chi connectivity index (χ1n) is 10.5. The molecule has 0 saturated carbocycles. The van der Waals surface area contributed by atoms with Crippen molar-refractivity contribution in [3.05, 3.63) is 29.2 Å². The van der Waals surface area contributed by atoms with Crippen molar-refractivity contribution in [1.29, 1.82) is 0 Å². The van der Waals surface area contributed by atoms with Crippen molar-refractivity contribution >= 4 is 29.3 Å². The standard InChI is InChI=1S/C22H33ClN4O4/c1-8-9-15(16-12-17(23)27-18(25-16)10-11-24-27)13-26(20(29)31-22(5,6)7)14-19(28)30-21(2,3)4/h10-12,15H,8-9,13-14H2,1-7H3. The number of halogens is 1. The molecule has 2 aromatic heterocycles. The Kier molecular flexibility index (Phi) is 7.92. The van der Waals surface area contributed by atoms with Crippen LogP contribution in [0.2, 0.25) is 5.15 Å². The second-order valence-electron chi connectivity index (χ2n) is 9.54. The summed E-state index contributed by atoms with van der Waals surface area (Å²) in [6, 6.07) is 3.52. The van der Waals surface area contributed by atoms with Crippen molar-refractivity contribution in [3.8, 4) is 0 Å². The Morgan fingerprint density at radius 1 is 1.16 bits per heavy atom. The van der Waals surface area contributed by atoms with Crippen LogP contribution in [-0.4, -0.2) is 55.9 Å². The van der Waals surface area contributed by atoms with Gasteiger partial charge in [-0.15, -0.1) is 0 Å². The Morgan fingerprint density at radius 2 is 1.81 bits per heavy atom. The third kappa shape index (κ3) is 7.69. The maximum Gasteiger partial charge on any atom is 0.410 e. The van der Waals surface area contributed by atoms with Crippen molar-refractivity contribution in [2.24, 2.45) is 0 Å². The second-order valence-corrected chi connectivity index (χ2v) is 9.93. The van der Waals surface area contributed by atoms with E-state index in [1.54, 1.807) is 64.4 Å². The van der Waals surface area contributed by atoms with E-state index in [0.717, 1.165) is 18.5 Å².